The summed E-state index contributed by atoms with van der Waals surface area (Å²) in [5.41, 5.74) is 4.46. The Bertz CT molecular complexity index is 840. The van der Waals surface area contributed by atoms with Gasteiger partial charge in [-0.1, -0.05) is 12.1 Å². The Labute approximate surface area is 129 Å². The quantitative estimate of drug-likeness (QED) is 0.744. The predicted octanol–water partition coefficient (Wildman–Crippen LogP) is 2.61. The average Bonchev–Trinajstić information content (AvgIpc) is 3.13. The van der Waals surface area contributed by atoms with Crippen LogP contribution in [0.25, 0.3) is 5.65 Å². The average molecular weight is 294 g/mol. The summed E-state index contributed by atoms with van der Waals surface area (Å²) in [4.78, 5) is 6.69. The van der Waals surface area contributed by atoms with Gasteiger partial charge in [0.2, 0.25) is 0 Å². The van der Waals surface area contributed by atoms with E-state index in [2.05, 4.69) is 46.3 Å². The fourth-order valence-corrected chi connectivity index (χ4v) is 2.98. The Morgan fingerprint density at radius 1 is 1.27 bits per heavy atom. The highest BCUT2D eigenvalue weighted by molar-refractivity contribution is 5.51. The van der Waals surface area contributed by atoms with E-state index in [1.165, 1.54) is 11.1 Å². The van der Waals surface area contributed by atoms with Crippen LogP contribution in [0.1, 0.15) is 16.8 Å². The van der Waals surface area contributed by atoms with Crippen molar-refractivity contribution in [1.82, 2.24) is 14.6 Å². The molecule has 3 heterocycles. The summed E-state index contributed by atoms with van der Waals surface area (Å²) in [6.45, 7) is 3.63. The second-order valence-electron chi connectivity index (χ2n) is 5.75. The predicted molar refractivity (Wildman–Crippen MR) is 85.5 cm³/mol. The molecule has 1 aliphatic rings. The van der Waals surface area contributed by atoms with Gasteiger partial charge < -0.3 is 9.64 Å². The SMILES string of the molecule is Cc1cc(N(C)Cc2ccc3c(c2)CCO3)n2nccc2n1. The van der Waals surface area contributed by atoms with E-state index in [0.717, 1.165) is 42.5 Å². The lowest BCUT2D eigenvalue weighted by Gasteiger charge is -2.20. The van der Waals surface area contributed by atoms with E-state index in [1.807, 2.05) is 17.5 Å². The minimum atomic E-state index is 0.798. The first-order valence-electron chi connectivity index (χ1n) is 7.48. The van der Waals surface area contributed by atoms with Gasteiger partial charge >= 0.3 is 0 Å². The Hall–Kier alpha value is -2.56. The molecule has 0 bridgehead atoms. The van der Waals surface area contributed by atoms with Crippen LogP contribution in [0.4, 0.5) is 5.82 Å². The number of benzene rings is 1. The summed E-state index contributed by atoms with van der Waals surface area (Å²) in [6.07, 6.45) is 2.79. The van der Waals surface area contributed by atoms with E-state index in [0.29, 0.717) is 0 Å². The van der Waals surface area contributed by atoms with Gasteiger partial charge in [0.05, 0.1) is 12.8 Å². The Kier molecular flexibility index (Phi) is 2.99. The highest BCUT2D eigenvalue weighted by Gasteiger charge is 2.14. The zero-order valence-corrected chi connectivity index (χ0v) is 12.8. The summed E-state index contributed by atoms with van der Waals surface area (Å²) in [7, 11) is 2.08. The molecule has 1 aliphatic heterocycles. The van der Waals surface area contributed by atoms with Crippen molar-refractivity contribution in [3.8, 4) is 5.75 Å². The van der Waals surface area contributed by atoms with Crippen molar-refractivity contribution in [3.63, 3.8) is 0 Å². The van der Waals surface area contributed by atoms with E-state index in [-0.39, 0.29) is 0 Å². The molecule has 3 aromatic rings. The molecule has 1 aromatic carbocycles. The fourth-order valence-electron chi connectivity index (χ4n) is 2.98. The van der Waals surface area contributed by atoms with Crippen molar-refractivity contribution < 1.29 is 4.74 Å². The number of anilines is 1. The number of ether oxygens (including phenoxy) is 1. The Balaban J connectivity index is 1.66. The molecule has 0 spiro atoms. The minimum Gasteiger partial charge on any atom is -0.493 e. The van der Waals surface area contributed by atoms with E-state index >= 15 is 0 Å². The summed E-state index contributed by atoms with van der Waals surface area (Å²) in [5, 5.41) is 4.37. The van der Waals surface area contributed by atoms with Crippen molar-refractivity contribution in [2.75, 3.05) is 18.6 Å². The molecule has 2 aromatic heterocycles. The third-order valence-corrected chi connectivity index (χ3v) is 4.03. The summed E-state index contributed by atoms with van der Waals surface area (Å²) >= 11 is 0. The standard InChI is InChI=1S/C17H18N4O/c1-12-9-17(21-16(19-12)5-7-18-21)20(2)11-13-3-4-15-14(10-13)6-8-22-15/h3-5,7,9-10H,6,8,11H2,1-2H3. The molecule has 0 fully saturated rings. The Morgan fingerprint density at radius 2 is 2.18 bits per heavy atom. The van der Waals surface area contributed by atoms with Crippen molar-refractivity contribution in [2.24, 2.45) is 0 Å². The number of rotatable bonds is 3. The number of hydrogen-bond donors (Lipinski definition) is 0. The van der Waals surface area contributed by atoms with Crippen molar-refractivity contribution >= 4 is 11.5 Å². The smallest absolute Gasteiger partial charge is 0.157 e. The number of fused-ring (bicyclic) bond motifs is 2. The van der Waals surface area contributed by atoms with Crippen LogP contribution in [-0.4, -0.2) is 28.3 Å². The minimum absolute atomic E-state index is 0.798. The lowest BCUT2D eigenvalue weighted by Crippen LogP contribution is -2.20. The van der Waals surface area contributed by atoms with Gasteiger partial charge in [-0.05, 0) is 24.1 Å². The molecule has 0 saturated carbocycles. The van der Waals surface area contributed by atoms with Crippen LogP contribution in [0.5, 0.6) is 5.75 Å². The van der Waals surface area contributed by atoms with Crippen molar-refractivity contribution in [2.45, 2.75) is 19.9 Å². The van der Waals surface area contributed by atoms with Gasteiger partial charge in [-0.2, -0.15) is 9.61 Å². The topological polar surface area (TPSA) is 42.7 Å². The van der Waals surface area contributed by atoms with Gasteiger partial charge in [-0.15, -0.1) is 0 Å². The summed E-state index contributed by atoms with van der Waals surface area (Å²) < 4.78 is 7.45. The lowest BCUT2D eigenvalue weighted by atomic mass is 10.1. The maximum absolute atomic E-state index is 5.57. The maximum Gasteiger partial charge on any atom is 0.157 e. The zero-order valence-electron chi connectivity index (χ0n) is 12.8. The van der Waals surface area contributed by atoms with Gasteiger partial charge in [0.25, 0.3) is 0 Å². The third kappa shape index (κ3) is 2.19. The number of aryl methyl sites for hydroxylation is 1. The molecule has 0 radical (unpaired) electrons. The molecule has 22 heavy (non-hydrogen) atoms. The largest absolute Gasteiger partial charge is 0.493 e. The second-order valence-corrected chi connectivity index (χ2v) is 5.75. The fraction of sp³-hybridized carbons (Fsp3) is 0.294. The normalized spacial score (nSPS) is 13.2. The summed E-state index contributed by atoms with van der Waals surface area (Å²) in [5.74, 6) is 2.07. The molecule has 0 saturated heterocycles. The first-order chi connectivity index (χ1) is 10.7. The zero-order chi connectivity index (χ0) is 15.1. The number of nitrogens with zero attached hydrogens (tertiary/aromatic N) is 4. The molecule has 4 rings (SSSR count). The van der Waals surface area contributed by atoms with E-state index in [9.17, 15) is 0 Å². The van der Waals surface area contributed by atoms with E-state index in [4.69, 9.17) is 4.74 Å². The molecule has 112 valence electrons. The van der Waals surface area contributed by atoms with Crippen LogP contribution in [0.15, 0.2) is 36.5 Å². The highest BCUT2D eigenvalue weighted by atomic mass is 16.5. The molecule has 0 amide bonds. The maximum atomic E-state index is 5.57. The van der Waals surface area contributed by atoms with Crippen LogP contribution >= 0.6 is 0 Å². The third-order valence-electron chi connectivity index (χ3n) is 4.03. The molecule has 0 N–H and O–H groups in total. The number of aromatic nitrogens is 3. The number of hydrogen-bond acceptors (Lipinski definition) is 4. The molecular weight excluding hydrogens is 276 g/mol. The molecular formula is C17H18N4O. The lowest BCUT2D eigenvalue weighted by molar-refractivity contribution is 0.357. The van der Waals surface area contributed by atoms with Gasteiger partial charge in [0.15, 0.2) is 5.65 Å². The molecule has 0 unspecified atom stereocenters. The van der Waals surface area contributed by atoms with E-state index < -0.39 is 0 Å². The second kappa shape index (κ2) is 5.02. The molecule has 0 atom stereocenters. The van der Waals surface area contributed by atoms with Crippen molar-refractivity contribution in [1.29, 1.82) is 0 Å². The monoisotopic (exact) mass is 294 g/mol. The first-order valence-corrected chi connectivity index (χ1v) is 7.48. The highest BCUT2D eigenvalue weighted by Crippen LogP contribution is 2.27. The summed E-state index contributed by atoms with van der Waals surface area (Å²) in [6, 6.07) is 10.4. The van der Waals surface area contributed by atoms with Gasteiger partial charge in [0, 0.05) is 37.8 Å². The van der Waals surface area contributed by atoms with Gasteiger partial charge in [0.1, 0.15) is 11.6 Å². The molecule has 5 nitrogen and oxygen atoms in total. The first kappa shape index (κ1) is 13.1. The van der Waals surface area contributed by atoms with Crippen LogP contribution in [0, 0.1) is 6.92 Å². The van der Waals surface area contributed by atoms with Crippen LogP contribution in [0.2, 0.25) is 0 Å². The Morgan fingerprint density at radius 3 is 3.09 bits per heavy atom. The van der Waals surface area contributed by atoms with Crippen LogP contribution in [0.3, 0.4) is 0 Å². The van der Waals surface area contributed by atoms with Gasteiger partial charge in [-0.3, -0.25) is 0 Å². The van der Waals surface area contributed by atoms with Gasteiger partial charge in [-0.25, -0.2) is 4.98 Å². The molecule has 0 aliphatic carbocycles. The van der Waals surface area contributed by atoms with E-state index in [1.54, 1.807) is 6.20 Å². The van der Waals surface area contributed by atoms with Crippen molar-refractivity contribution in [3.05, 3.63) is 53.3 Å². The van der Waals surface area contributed by atoms with Crippen LogP contribution in [-0.2, 0) is 13.0 Å². The molecule has 5 heteroatoms. The van der Waals surface area contributed by atoms with Crippen LogP contribution < -0.4 is 9.64 Å².